The normalized spacial score (nSPS) is 15.8. The number of rotatable bonds is 4. The van der Waals surface area contributed by atoms with Crippen LogP contribution >= 0.6 is 0 Å². The first-order chi connectivity index (χ1) is 5.79. The second kappa shape index (κ2) is 4.29. The third-order valence-corrected chi connectivity index (χ3v) is 2.37. The van der Waals surface area contributed by atoms with Gasteiger partial charge in [-0.15, -0.1) is 0 Å². The second-order valence-corrected chi connectivity index (χ2v) is 3.18. The van der Waals surface area contributed by atoms with E-state index >= 15 is 0 Å². The lowest BCUT2D eigenvalue weighted by atomic mass is 9.85. The molecule has 68 valence electrons. The van der Waals surface area contributed by atoms with Crippen molar-refractivity contribution in [3.8, 4) is 0 Å². The summed E-state index contributed by atoms with van der Waals surface area (Å²) in [5, 5.41) is 0. The molecule has 2 heteroatoms. The van der Waals surface area contributed by atoms with Crippen molar-refractivity contribution in [3.63, 3.8) is 0 Å². The molecule has 0 saturated carbocycles. The predicted molar refractivity (Wildman–Crippen MR) is 47.8 cm³/mol. The summed E-state index contributed by atoms with van der Waals surface area (Å²) in [6.07, 6.45) is 5.49. The molecule has 12 heavy (non-hydrogen) atoms. The van der Waals surface area contributed by atoms with Crippen LogP contribution in [0.1, 0.15) is 39.0 Å². The van der Waals surface area contributed by atoms with Gasteiger partial charge in [0, 0.05) is 5.57 Å². The first kappa shape index (κ1) is 9.30. The van der Waals surface area contributed by atoms with Crippen LogP contribution in [0.25, 0.3) is 0 Å². The summed E-state index contributed by atoms with van der Waals surface area (Å²) in [7, 11) is 1.45. The number of unbranched alkanes of at least 4 members (excludes halogenated alkanes) is 1. The highest BCUT2D eigenvalue weighted by Crippen LogP contribution is 2.32. The van der Waals surface area contributed by atoms with Crippen molar-refractivity contribution in [1.82, 2.24) is 0 Å². The van der Waals surface area contributed by atoms with E-state index < -0.39 is 0 Å². The zero-order valence-corrected chi connectivity index (χ0v) is 7.85. The molecule has 0 aromatic heterocycles. The third-order valence-electron chi connectivity index (χ3n) is 2.37. The summed E-state index contributed by atoms with van der Waals surface area (Å²) in [6.45, 7) is 2.16. The van der Waals surface area contributed by atoms with E-state index in [1.165, 1.54) is 25.5 Å². The minimum Gasteiger partial charge on any atom is -0.466 e. The quantitative estimate of drug-likeness (QED) is 0.603. The molecule has 0 amide bonds. The van der Waals surface area contributed by atoms with Gasteiger partial charge in [-0.1, -0.05) is 18.9 Å². The average Bonchev–Trinajstić information content (AvgIpc) is 2.03. The molecule has 0 fully saturated rings. The zero-order valence-electron chi connectivity index (χ0n) is 7.85. The molecule has 0 saturated heterocycles. The van der Waals surface area contributed by atoms with Gasteiger partial charge in [-0.25, -0.2) is 4.79 Å². The molecule has 0 aliphatic heterocycles. The topological polar surface area (TPSA) is 26.3 Å². The van der Waals surface area contributed by atoms with Crippen LogP contribution in [0.5, 0.6) is 0 Å². The summed E-state index contributed by atoms with van der Waals surface area (Å²) in [4.78, 5) is 11.1. The van der Waals surface area contributed by atoms with Gasteiger partial charge in [0.05, 0.1) is 7.11 Å². The number of esters is 1. The Bertz CT molecular complexity index is 204. The lowest BCUT2D eigenvalue weighted by Crippen LogP contribution is -2.15. The van der Waals surface area contributed by atoms with Gasteiger partial charge in [-0.05, 0) is 25.7 Å². The summed E-state index contributed by atoms with van der Waals surface area (Å²) < 4.78 is 4.67. The van der Waals surface area contributed by atoms with Crippen LogP contribution in [0.3, 0.4) is 0 Å². The Labute approximate surface area is 73.6 Å². The van der Waals surface area contributed by atoms with Crippen molar-refractivity contribution in [3.05, 3.63) is 11.1 Å². The van der Waals surface area contributed by atoms with Gasteiger partial charge < -0.3 is 4.74 Å². The van der Waals surface area contributed by atoms with E-state index in [4.69, 9.17) is 0 Å². The number of hydrogen-bond acceptors (Lipinski definition) is 2. The zero-order chi connectivity index (χ0) is 8.97. The van der Waals surface area contributed by atoms with Crippen molar-refractivity contribution >= 4 is 5.97 Å². The van der Waals surface area contributed by atoms with Crippen molar-refractivity contribution in [1.29, 1.82) is 0 Å². The molecule has 2 nitrogen and oxygen atoms in total. The summed E-state index contributed by atoms with van der Waals surface area (Å²) in [5.74, 6) is -0.118. The molecule has 0 atom stereocenters. The van der Waals surface area contributed by atoms with Crippen molar-refractivity contribution in [2.75, 3.05) is 7.11 Å². The molecule has 0 bridgehead atoms. The van der Waals surface area contributed by atoms with Crippen LogP contribution in [0.15, 0.2) is 11.1 Å². The van der Waals surface area contributed by atoms with Crippen molar-refractivity contribution in [2.24, 2.45) is 0 Å². The van der Waals surface area contributed by atoms with Crippen LogP contribution in [0.2, 0.25) is 0 Å². The molecule has 0 radical (unpaired) electrons. The highest BCUT2D eigenvalue weighted by Gasteiger charge is 2.22. The van der Waals surface area contributed by atoms with Crippen LogP contribution < -0.4 is 0 Å². The van der Waals surface area contributed by atoms with Crippen molar-refractivity contribution < 1.29 is 9.53 Å². The fourth-order valence-electron chi connectivity index (χ4n) is 1.46. The van der Waals surface area contributed by atoms with Crippen LogP contribution in [0, 0.1) is 0 Å². The van der Waals surface area contributed by atoms with Gasteiger partial charge in [-0.2, -0.15) is 0 Å². The van der Waals surface area contributed by atoms with Crippen LogP contribution in [-0.2, 0) is 9.53 Å². The molecule has 1 aliphatic carbocycles. The molecule has 0 aromatic carbocycles. The Morgan fingerprint density at radius 2 is 2.25 bits per heavy atom. The van der Waals surface area contributed by atoms with E-state index in [0.717, 1.165) is 24.8 Å². The Morgan fingerprint density at radius 1 is 1.50 bits per heavy atom. The lowest BCUT2D eigenvalue weighted by molar-refractivity contribution is -0.136. The highest BCUT2D eigenvalue weighted by atomic mass is 16.5. The third kappa shape index (κ3) is 1.87. The Hall–Kier alpha value is -0.790. The Kier molecular flexibility index (Phi) is 3.32. The number of carbonyl (C=O) groups excluding carboxylic acids is 1. The average molecular weight is 168 g/mol. The van der Waals surface area contributed by atoms with Gasteiger partial charge in [-0.3, -0.25) is 0 Å². The maximum absolute atomic E-state index is 11.1. The molecule has 1 rings (SSSR count). The second-order valence-electron chi connectivity index (χ2n) is 3.18. The molecular weight excluding hydrogens is 152 g/mol. The van der Waals surface area contributed by atoms with Gasteiger partial charge in [0.2, 0.25) is 0 Å². The maximum atomic E-state index is 11.1. The molecule has 0 heterocycles. The number of methoxy groups -OCH3 is 1. The van der Waals surface area contributed by atoms with Crippen LogP contribution in [0.4, 0.5) is 0 Å². The van der Waals surface area contributed by atoms with E-state index in [2.05, 4.69) is 11.7 Å². The molecule has 1 aliphatic rings. The van der Waals surface area contributed by atoms with E-state index in [1.54, 1.807) is 0 Å². The summed E-state index contributed by atoms with van der Waals surface area (Å²) in [5.41, 5.74) is 2.26. The van der Waals surface area contributed by atoms with Gasteiger partial charge in [0.1, 0.15) is 0 Å². The van der Waals surface area contributed by atoms with Gasteiger partial charge in [0.25, 0.3) is 0 Å². The molecular formula is C10H16O2. The minimum absolute atomic E-state index is 0.118. The first-order valence-electron chi connectivity index (χ1n) is 4.58. The Morgan fingerprint density at radius 3 is 2.67 bits per heavy atom. The fourth-order valence-corrected chi connectivity index (χ4v) is 1.46. The molecule has 0 N–H and O–H groups in total. The highest BCUT2D eigenvalue weighted by molar-refractivity contribution is 5.90. The van der Waals surface area contributed by atoms with E-state index in [-0.39, 0.29) is 5.97 Å². The van der Waals surface area contributed by atoms with Gasteiger partial charge in [0.15, 0.2) is 0 Å². The fraction of sp³-hybridized carbons (Fsp3) is 0.700. The number of hydrogen-bond donors (Lipinski definition) is 0. The number of ether oxygens (including phenoxy) is 1. The summed E-state index contributed by atoms with van der Waals surface area (Å²) in [6, 6.07) is 0. The first-order valence-corrected chi connectivity index (χ1v) is 4.58. The SMILES string of the molecule is CCCCC1=C(C(=O)OC)CC1. The van der Waals surface area contributed by atoms with Gasteiger partial charge >= 0.3 is 5.97 Å². The Balaban J connectivity index is 2.47. The van der Waals surface area contributed by atoms with Crippen LogP contribution in [-0.4, -0.2) is 13.1 Å². The largest absolute Gasteiger partial charge is 0.466 e. The monoisotopic (exact) mass is 168 g/mol. The van der Waals surface area contributed by atoms with E-state index in [1.807, 2.05) is 0 Å². The molecule has 0 aromatic rings. The molecule has 0 unspecified atom stereocenters. The summed E-state index contributed by atoms with van der Waals surface area (Å²) >= 11 is 0. The molecule has 0 spiro atoms. The van der Waals surface area contributed by atoms with E-state index in [9.17, 15) is 4.79 Å². The number of carbonyl (C=O) groups is 1. The smallest absolute Gasteiger partial charge is 0.333 e. The minimum atomic E-state index is -0.118. The van der Waals surface area contributed by atoms with Crippen molar-refractivity contribution in [2.45, 2.75) is 39.0 Å². The standard InChI is InChI=1S/C10H16O2/c1-3-4-5-8-6-7-9(8)10(11)12-2/h3-7H2,1-2H3. The number of allylic oxidation sites excluding steroid dienone is 1. The lowest BCUT2D eigenvalue weighted by Gasteiger charge is -2.21. The predicted octanol–water partition coefficient (Wildman–Crippen LogP) is 2.44. The maximum Gasteiger partial charge on any atom is 0.333 e. The van der Waals surface area contributed by atoms with E-state index in [0.29, 0.717) is 0 Å².